The van der Waals surface area contributed by atoms with Crippen molar-refractivity contribution in [1.29, 1.82) is 0 Å². The first-order chi connectivity index (χ1) is 15.9. The van der Waals surface area contributed by atoms with Crippen molar-refractivity contribution in [3.05, 3.63) is 24.2 Å². The molecule has 182 valence electrons. The Morgan fingerprint density at radius 1 is 1.26 bits per heavy atom. The van der Waals surface area contributed by atoms with Crippen LogP contribution in [0.2, 0.25) is 0 Å². The summed E-state index contributed by atoms with van der Waals surface area (Å²) in [5.41, 5.74) is 1.60. The molecular weight excluding hydrogens is 482 g/mol. The van der Waals surface area contributed by atoms with Crippen LogP contribution in [0.4, 0.5) is 5.82 Å². The predicted octanol–water partition coefficient (Wildman–Crippen LogP) is 1.30. The summed E-state index contributed by atoms with van der Waals surface area (Å²) in [5.74, 6) is -0.606. The molecule has 4 atom stereocenters. The Balaban J connectivity index is 1.61. The number of nitrogens with zero attached hydrogens (tertiary/aromatic N) is 4. The average molecular weight is 509 g/mol. The first-order valence-corrected chi connectivity index (χ1v) is 13.5. The first-order valence-electron chi connectivity index (χ1n) is 10.8. The molecule has 1 saturated carbocycles. The number of hydrogen-bond acceptors (Lipinski definition) is 11. The number of nitrogens with one attached hydrogen (secondary N) is 1. The van der Waals surface area contributed by atoms with E-state index in [2.05, 4.69) is 20.3 Å². The molecular formula is C21H26N5O6S2+. The number of anilines is 1. The van der Waals surface area contributed by atoms with Gasteiger partial charge in [0, 0.05) is 29.6 Å². The molecule has 0 aromatic carbocycles. The number of aliphatic hydroxyl groups excluding tert-OH is 1. The largest absolute Gasteiger partial charge is 0.396 e. The molecule has 1 saturated heterocycles. The van der Waals surface area contributed by atoms with Crippen LogP contribution in [0.25, 0.3) is 20.8 Å². The summed E-state index contributed by atoms with van der Waals surface area (Å²) >= 11 is 1.38. The van der Waals surface area contributed by atoms with E-state index in [0.29, 0.717) is 34.0 Å². The molecule has 4 heterocycles. The smallest absolute Gasteiger partial charge is 0.249 e. The normalized spacial score (nSPS) is 26.1. The molecule has 13 heteroatoms. The number of rotatable bonds is 5. The molecule has 1 aliphatic heterocycles. The van der Waals surface area contributed by atoms with Gasteiger partial charge in [-0.05, 0) is 27.2 Å². The third-order valence-corrected chi connectivity index (χ3v) is 7.97. The molecule has 0 spiro atoms. The molecule has 0 unspecified atom stereocenters. The number of aromatic nitrogens is 4. The summed E-state index contributed by atoms with van der Waals surface area (Å²) in [7, 11) is -3.67. The van der Waals surface area contributed by atoms with Gasteiger partial charge in [-0.2, -0.15) is 0 Å². The number of fused-ring (bicyclic) bond motifs is 2. The quantitative estimate of drug-likeness (QED) is 0.262. The summed E-state index contributed by atoms with van der Waals surface area (Å²) in [6.45, 7) is 5.31. The number of thiazole rings is 1. The summed E-state index contributed by atoms with van der Waals surface area (Å²) in [5, 5.41) is 23.3. The molecule has 0 radical (unpaired) electrons. The van der Waals surface area contributed by atoms with Crippen LogP contribution in [0.1, 0.15) is 26.0 Å². The van der Waals surface area contributed by atoms with Gasteiger partial charge in [0.2, 0.25) is 27.4 Å². The highest BCUT2D eigenvalue weighted by Gasteiger charge is 2.54. The van der Waals surface area contributed by atoms with E-state index in [9.17, 15) is 18.7 Å². The highest BCUT2D eigenvalue weighted by molar-refractivity contribution is 7.90. The van der Waals surface area contributed by atoms with E-state index in [4.69, 9.17) is 9.47 Å². The Morgan fingerprint density at radius 2 is 2.00 bits per heavy atom. The van der Waals surface area contributed by atoms with E-state index in [1.165, 1.54) is 23.7 Å². The van der Waals surface area contributed by atoms with Gasteiger partial charge < -0.3 is 19.9 Å². The van der Waals surface area contributed by atoms with E-state index >= 15 is 0 Å². The Morgan fingerprint density at radius 3 is 2.71 bits per heavy atom. The van der Waals surface area contributed by atoms with Crippen LogP contribution in [-0.2, 0) is 19.3 Å². The lowest BCUT2D eigenvalue weighted by Crippen LogP contribution is -2.35. The highest BCUT2D eigenvalue weighted by atomic mass is 32.2. The standard InChI is InChI=1S/C21H26N5O6S2/c1-10-15(19-24-13-8-26(28)6-5-14(13)33-19)18(25-20(22-10)34(4,29)30)23-12-7-11(9-27)16-17(12)32-21(2,3)31-16/h5-6,8,11-12,16-17,27-28H,7,9H2,1-4H3,(H,22,23,25)/q+1/t11-,12-,16-,17+/m1/s1. The van der Waals surface area contributed by atoms with Gasteiger partial charge in [0.1, 0.15) is 16.9 Å². The molecule has 1 aliphatic carbocycles. The van der Waals surface area contributed by atoms with Gasteiger partial charge in [-0.3, -0.25) is 5.21 Å². The van der Waals surface area contributed by atoms with Crippen LogP contribution < -0.4 is 10.0 Å². The maximum atomic E-state index is 12.3. The van der Waals surface area contributed by atoms with Crippen molar-refractivity contribution in [2.24, 2.45) is 5.92 Å². The molecule has 2 aliphatic rings. The fraction of sp³-hybridized carbons (Fsp3) is 0.524. The van der Waals surface area contributed by atoms with Crippen molar-refractivity contribution < 1.29 is 32.9 Å². The summed E-state index contributed by atoms with van der Waals surface area (Å²) in [6.07, 6.45) is 3.98. The Kier molecular flexibility index (Phi) is 5.52. The van der Waals surface area contributed by atoms with E-state index < -0.39 is 15.6 Å². The maximum absolute atomic E-state index is 12.3. The zero-order valence-corrected chi connectivity index (χ0v) is 20.7. The Labute approximate surface area is 200 Å². The van der Waals surface area contributed by atoms with Gasteiger partial charge >= 0.3 is 0 Å². The second kappa shape index (κ2) is 8.05. The molecule has 0 amide bonds. The van der Waals surface area contributed by atoms with Crippen LogP contribution >= 0.6 is 11.3 Å². The van der Waals surface area contributed by atoms with Gasteiger partial charge in [-0.1, -0.05) is 0 Å². The third-order valence-electron chi connectivity index (χ3n) is 6.07. The van der Waals surface area contributed by atoms with E-state index in [1.807, 2.05) is 13.8 Å². The number of aliphatic hydroxyl groups is 1. The minimum absolute atomic E-state index is 0.0535. The van der Waals surface area contributed by atoms with Crippen molar-refractivity contribution in [2.75, 3.05) is 18.2 Å². The van der Waals surface area contributed by atoms with Gasteiger partial charge in [-0.15, -0.1) is 11.3 Å². The van der Waals surface area contributed by atoms with Crippen molar-refractivity contribution in [2.45, 2.75) is 56.4 Å². The fourth-order valence-corrected chi connectivity index (χ4v) is 6.22. The first kappa shape index (κ1) is 23.3. The number of pyridine rings is 1. The maximum Gasteiger partial charge on any atom is 0.249 e. The Hall–Kier alpha value is -2.45. The topological polar surface area (TPSA) is 148 Å². The summed E-state index contributed by atoms with van der Waals surface area (Å²) in [6, 6.07) is 1.46. The molecule has 3 aromatic rings. The number of sulfone groups is 1. The monoisotopic (exact) mass is 508 g/mol. The Bertz CT molecular complexity index is 1380. The lowest BCUT2D eigenvalue weighted by Gasteiger charge is -2.24. The molecule has 0 bridgehead atoms. The second-order valence-corrected chi connectivity index (χ2v) is 12.1. The molecule has 11 nitrogen and oxygen atoms in total. The van der Waals surface area contributed by atoms with Crippen LogP contribution in [-0.4, -0.2) is 70.6 Å². The minimum Gasteiger partial charge on any atom is -0.396 e. The lowest BCUT2D eigenvalue weighted by atomic mass is 10.1. The number of aryl methyl sites for hydroxylation is 1. The van der Waals surface area contributed by atoms with Crippen LogP contribution in [0.15, 0.2) is 23.6 Å². The summed E-state index contributed by atoms with van der Waals surface area (Å²) in [4.78, 5) is 13.2. The number of hydrogen-bond donors (Lipinski definition) is 3. The molecule has 34 heavy (non-hydrogen) atoms. The van der Waals surface area contributed by atoms with Crippen LogP contribution in [0.5, 0.6) is 0 Å². The minimum atomic E-state index is -3.67. The number of ether oxygens (including phenoxy) is 2. The van der Waals surface area contributed by atoms with E-state index in [0.717, 1.165) is 15.7 Å². The van der Waals surface area contributed by atoms with Crippen molar-refractivity contribution >= 4 is 37.2 Å². The second-order valence-electron chi connectivity index (χ2n) is 9.17. The molecule has 5 rings (SSSR count). The van der Waals surface area contributed by atoms with Crippen molar-refractivity contribution in [3.63, 3.8) is 0 Å². The van der Waals surface area contributed by atoms with Gasteiger partial charge in [0.05, 0.1) is 28.1 Å². The average Bonchev–Trinajstić information content (AvgIpc) is 3.37. The predicted molar refractivity (Wildman–Crippen MR) is 122 cm³/mol. The van der Waals surface area contributed by atoms with Crippen molar-refractivity contribution in [3.8, 4) is 10.6 Å². The van der Waals surface area contributed by atoms with Gasteiger partial charge in [0.25, 0.3) is 0 Å². The van der Waals surface area contributed by atoms with Gasteiger partial charge in [-0.25, -0.2) is 23.4 Å². The third kappa shape index (κ3) is 4.11. The van der Waals surface area contributed by atoms with Gasteiger partial charge in [0.15, 0.2) is 11.3 Å². The highest BCUT2D eigenvalue weighted by Crippen LogP contribution is 2.44. The van der Waals surface area contributed by atoms with Crippen LogP contribution in [0, 0.1) is 12.8 Å². The zero-order valence-electron chi connectivity index (χ0n) is 19.1. The fourth-order valence-electron chi connectivity index (χ4n) is 4.63. The molecule has 3 N–H and O–H groups in total. The summed E-state index contributed by atoms with van der Waals surface area (Å²) < 4.78 is 38.5. The molecule has 2 fully saturated rings. The van der Waals surface area contributed by atoms with E-state index in [1.54, 1.807) is 13.0 Å². The van der Waals surface area contributed by atoms with Crippen LogP contribution in [0.3, 0.4) is 0 Å². The SMILES string of the molecule is Cc1nc(S(C)(=O)=O)nc(N[C@@H]2C[C@H](CO)[C@H]3OC(C)(C)O[C@H]32)c1-c1nc2c[n+](O)ccc2s1. The lowest BCUT2D eigenvalue weighted by molar-refractivity contribution is -0.904. The zero-order chi connectivity index (χ0) is 24.4. The molecule has 3 aromatic heterocycles. The van der Waals surface area contributed by atoms with E-state index in [-0.39, 0.29) is 35.9 Å². The van der Waals surface area contributed by atoms with Crippen molar-refractivity contribution in [1.82, 2.24) is 15.0 Å².